The molecule has 1 atom stereocenters. The second-order valence-electron chi connectivity index (χ2n) is 3.91. The van der Waals surface area contributed by atoms with Crippen LogP contribution in [0.5, 0.6) is 0 Å². The maximum atomic E-state index is 3.44. The van der Waals surface area contributed by atoms with Gasteiger partial charge >= 0.3 is 0 Å². The molecule has 0 aromatic heterocycles. The van der Waals surface area contributed by atoms with Gasteiger partial charge in [0.2, 0.25) is 0 Å². The van der Waals surface area contributed by atoms with Gasteiger partial charge in [-0.15, -0.1) is 0 Å². The molecule has 0 aliphatic heterocycles. The summed E-state index contributed by atoms with van der Waals surface area (Å²) in [6.45, 7) is 0. The summed E-state index contributed by atoms with van der Waals surface area (Å²) in [5.74, 6) is 2.09. The number of hydrogen-bond acceptors (Lipinski definition) is 1. The van der Waals surface area contributed by atoms with Gasteiger partial charge in [-0.05, 0) is 38.1 Å². The fraction of sp³-hybridized carbons (Fsp3) is 1.00. The molecule has 1 nitrogen and oxygen atoms in total. The predicted molar refractivity (Wildman–Crippen MR) is 42.9 cm³/mol. The fourth-order valence-corrected chi connectivity index (χ4v) is 2.73. The van der Waals surface area contributed by atoms with E-state index in [-0.39, 0.29) is 0 Å². The van der Waals surface area contributed by atoms with Crippen LogP contribution in [0.3, 0.4) is 0 Å². The molecule has 3 fully saturated rings. The van der Waals surface area contributed by atoms with Crippen molar-refractivity contribution in [3.63, 3.8) is 0 Å². The van der Waals surface area contributed by atoms with Gasteiger partial charge in [-0.3, -0.25) is 0 Å². The molecule has 10 heavy (non-hydrogen) atoms. The first kappa shape index (κ1) is 6.66. The second kappa shape index (κ2) is 2.54. The van der Waals surface area contributed by atoms with Crippen LogP contribution in [0, 0.1) is 11.8 Å². The topological polar surface area (TPSA) is 12.0 Å². The lowest BCUT2D eigenvalue weighted by Gasteiger charge is -2.42. The fourth-order valence-electron chi connectivity index (χ4n) is 2.73. The zero-order chi connectivity index (χ0) is 6.97. The normalized spacial score (nSPS) is 45.9. The van der Waals surface area contributed by atoms with Crippen LogP contribution in [0.1, 0.15) is 32.1 Å². The smallest absolute Gasteiger partial charge is 0.00949 e. The zero-order valence-corrected chi connectivity index (χ0v) is 6.77. The van der Waals surface area contributed by atoms with Crippen LogP contribution in [0.15, 0.2) is 0 Å². The van der Waals surface area contributed by atoms with Crippen LogP contribution >= 0.6 is 0 Å². The highest BCUT2D eigenvalue weighted by Gasteiger charge is 2.34. The van der Waals surface area contributed by atoms with Crippen LogP contribution in [0.4, 0.5) is 0 Å². The molecule has 0 radical (unpaired) electrons. The molecule has 1 heteroatoms. The summed E-state index contributed by atoms with van der Waals surface area (Å²) in [6.07, 6.45) is 7.49. The molecular weight excluding hydrogens is 122 g/mol. The first-order valence-corrected chi connectivity index (χ1v) is 4.57. The van der Waals surface area contributed by atoms with Gasteiger partial charge in [0.1, 0.15) is 0 Å². The molecule has 3 rings (SSSR count). The minimum absolute atomic E-state index is 0.868. The molecule has 0 amide bonds. The molecule has 2 bridgehead atoms. The van der Waals surface area contributed by atoms with Crippen LogP contribution in [0.2, 0.25) is 0 Å². The summed E-state index contributed by atoms with van der Waals surface area (Å²) in [5, 5.41) is 3.44. The molecule has 3 aliphatic rings. The number of hydrogen-bond donors (Lipinski definition) is 1. The molecule has 58 valence electrons. The quantitative estimate of drug-likeness (QED) is 0.584. The van der Waals surface area contributed by atoms with Gasteiger partial charge in [0.25, 0.3) is 0 Å². The van der Waals surface area contributed by atoms with E-state index in [1.165, 1.54) is 32.1 Å². The molecular formula is C9H17N. The summed E-state index contributed by atoms with van der Waals surface area (Å²) in [6, 6.07) is 0.868. The van der Waals surface area contributed by atoms with Crippen molar-refractivity contribution in [3.05, 3.63) is 0 Å². The third-order valence-electron chi connectivity index (χ3n) is 3.42. The summed E-state index contributed by atoms with van der Waals surface area (Å²) in [7, 11) is 2.12. The first-order chi connectivity index (χ1) is 4.90. The number of fused-ring (bicyclic) bond motifs is 3. The molecule has 0 heterocycles. The van der Waals surface area contributed by atoms with Crippen LogP contribution < -0.4 is 5.32 Å². The van der Waals surface area contributed by atoms with E-state index in [0.717, 1.165) is 17.9 Å². The molecule has 0 spiro atoms. The zero-order valence-electron chi connectivity index (χ0n) is 6.77. The van der Waals surface area contributed by atoms with Crippen molar-refractivity contribution >= 4 is 0 Å². The Hall–Kier alpha value is -0.0400. The van der Waals surface area contributed by atoms with Crippen molar-refractivity contribution < 1.29 is 0 Å². The van der Waals surface area contributed by atoms with Crippen molar-refractivity contribution in [2.45, 2.75) is 38.1 Å². The van der Waals surface area contributed by atoms with Crippen molar-refractivity contribution in [2.75, 3.05) is 7.05 Å². The Bertz CT molecular complexity index is 114. The SMILES string of the molecule is CNC1CC2CCC1CC2. The lowest BCUT2D eigenvalue weighted by Crippen LogP contribution is -2.42. The highest BCUT2D eigenvalue weighted by molar-refractivity contribution is 4.89. The highest BCUT2D eigenvalue weighted by Crippen LogP contribution is 2.40. The van der Waals surface area contributed by atoms with E-state index in [0.29, 0.717) is 0 Å². The first-order valence-electron chi connectivity index (χ1n) is 4.57. The summed E-state index contributed by atoms with van der Waals surface area (Å²) in [4.78, 5) is 0. The molecule has 1 unspecified atom stereocenters. The van der Waals surface area contributed by atoms with E-state index in [2.05, 4.69) is 12.4 Å². The van der Waals surface area contributed by atoms with E-state index in [4.69, 9.17) is 0 Å². The second-order valence-corrected chi connectivity index (χ2v) is 3.91. The summed E-state index contributed by atoms with van der Waals surface area (Å²) >= 11 is 0. The van der Waals surface area contributed by atoms with Crippen molar-refractivity contribution in [1.29, 1.82) is 0 Å². The van der Waals surface area contributed by atoms with Crippen LogP contribution in [-0.2, 0) is 0 Å². The van der Waals surface area contributed by atoms with E-state index < -0.39 is 0 Å². The number of nitrogens with one attached hydrogen (secondary N) is 1. The Morgan fingerprint density at radius 3 is 2.10 bits per heavy atom. The van der Waals surface area contributed by atoms with Crippen LogP contribution in [0.25, 0.3) is 0 Å². The van der Waals surface area contributed by atoms with E-state index in [1.807, 2.05) is 0 Å². The third-order valence-corrected chi connectivity index (χ3v) is 3.42. The third kappa shape index (κ3) is 0.968. The molecule has 0 aromatic carbocycles. The Kier molecular flexibility index (Phi) is 1.69. The maximum absolute atomic E-state index is 3.44. The Morgan fingerprint density at radius 2 is 1.80 bits per heavy atom. The molecule has 3 aliphatic carbocycles. The largest absolute Gasteiger partial charge is 0.317 e. The highest BCUT2D eigenvalue weighted by atomic mass is 14.9. The Morgan fingerprint density at radius 1 is 1.10 bits per heavy atom. The van der Waals surface area contributed by atoms with Crippen LogP contribution in [-0.4, -0.2) is 13.1 Å². The Labute approximate surface area is 63.2 Å². The van der Waals surface area contributed by atoms with Crippen molar-refractivity contribution in [2.24, 2.45) is 11.8 Å². The predicted octanol–water partition coefficient (Wildman–Crippen LogP) is 1.78. The van der Waals surface area contributed by atoms with Crippen molar-refractivity contribution in [3.8, 4) is 0 Å². The van der Waals surface area contributed by atoms with E-state index >= 15 is 0 Å². The van der Waals surface area contributed by atoms with Gasteiger partial charge in [-0.25, -0.2) is 0 Å². The molecule has 0 aromatic rings. The molecule has 1 N–H and O–H groups in total. The van der Waals surface area contributed by atoms with Gasteiger partial charge in [-0.2, -0.15) is 0 Å². The molecule has 0 saturated heterocycles. The van der Waals surface area contributed by atoms with Crippen molar-refractivity contribution in [1.82, 2.24) is 5.32 Å². The van der Waals surface area contributed by atoms with Gasteiger partial charge in [0, 0.05) is 6.04 Å². The van der Waals surface area contributed by atoms with Gasteiger partial charge in [0.05, 0.1) is 0 Å². The lowest BCUT2D eigenvalue weighted by atomic mass is 9.68. The van der Waals surface area contributed by atoms with E-state index in [1.54, 1.807) is 0 Å². The summed E-state index contributed by atoms with van der Waals surface area (Å²) < 4.78 is 0. The monoisotopic (exact) mass is 139 g/mol. The maximum Gasteiger partial charge on any atom is 0.00949 e. The standard InChI is InChI=1S/C9H17N/c1-10-9-6-7-2-4-8(9)5-3-7/h7-10H,2-6H2,1H3. The number of rotatable bonds is 1. The van der Waals surface area contributed by atoms with E-state index in [9.17, 15) is 0 Å². The Balaban J connectivity index is 2.01. The summed E-state index contributed by atoms with van der Waals surface area (Å²) in [5.41, 5.74) is 0. The van der Waals surface area contributed by atoms with Gasteiger partial charge < -0.3 is 5.32 Å². The molecule has 3 saturated carbocycles. The average molecular weight is 139 g/mol. The van der Waals surface area contributed by atoms with Gasteiger partial charge in [0.15, 0.2) is 0 Å². The van der Waals surface area contributed by atoms with Gasteiger partial charge in [-0.1, -0.05) is 12.8 Å². The lowest BCUT2D eigenvalue weighted by molar-refractivity contribution is 0.129. The minimum Gasteiger partial charge on any atom is -0.317 e. The minimum atomic E-state index is 0.868. The average Bonchev–Trinajstić information content (AvgIpc) is 2.06.